The van der Waals surface area contributed by atoms with E-state index in [-0.39, 0.29) is 38.6 Å². The average molecular weight is 921 g/mol. The number of carboxylic acids is 1. The number of carboxylic acid groups (broad SMARTS) is 1. The summed E-state index contributed by atoms with van der Waals surface area (Å²) in [7, 11) is 5.93. The first kappa shape index (κ1) is 62.0. The number of carbonyl (C=O) groups excluding carboxylic acids is 2. The number of hydrogen-bond acceptors (Lipinski definition) is 7. The molecule has 0 saturated heterocycles. The Labute approximate surface area is 403 Å². The maximum atomic E-state index is 12.8. The zero-order valence-electron chi connectivity index (χ0n) is 42.3. The Morgan fingerprint density at radius 3 is 1.33 bits per heavy atom. The van der Waals surface area contributed by atoms with Crippen LogP contribution in [0.2, 0.25) is 0 Å². The van der Waals surface area contributed by atoms with Gasteiger partial charge in [-0.05, 0) is 103 Å². The van der Waals surface area contributed by atoms with Gasteiger partial charge in [0.05, 0.1) is 34.4 Å². The molecule has 0 aliphatic rings. The zero-order valence-corrected chi connectivity index (χ0v) is 42.3. The van der Waals surface area contributed by atoms with Gasteiger partial charge in [-0.1, -0.05) is 168 Å². The fraction of sp³-hybridized carbons (Fsp3) is 0.632. The second kappa shape index (κ2) is 47.4. The molecule has 2 unspecified atom stereocenters. The minimum Gasteiger partial charge on any atom is -0.477 e. The van der Waals surface area contributed by atoms with Gasteiger partial charge < -0.3 is 28.5 Å². The third-order valence-electron chi connectivity index (χ3n) is 10.3. The zero-order chi connectivity index (χ0) is 48.4. The summed E-state index contributed by atoms with van der Waals surface area (Å²) in [6.45, 7) is 4.66. The highest BCUT2D eigenvalue weighted by atomic mass is 16.7. The van der Waals surface area contributed by atoms with Gasteiger partial charge in [0.15, 0.2) is 6.10 Å². The molecule has 0 spiro atoms. The van der Waals surface area contributed by atoms with Crippen LogP contribution in [0.1, 0.15) is 174 Å². The monoisotopic (exact) mass is 921 g/mol. The lowest BCUT2D eigenvalue weighted by molar-refractivity contribution is -0.870. The van der Waals surface area contributed by atoms with Crippen LogP contribution in [0.3, 0.4) is 0 Å². The third kappa shape index (κ3) is 47.9. The lowest BCUT2D eigenvalue weighted by Crippen LogP contribution is -2.40. The fourth-order valence-electron chi connectivity index (χ4n) is 6.31. The standard InChI is InChI=1S/C57H93NO8/c1-6-8-10-12-14-16-18-20-22-23-24-25-26-27-28-29-30-31-32-33-34-36-38-40-42-44-46-48-55(60)66-53(52-65-57(56(61)62)63-50-49-58(3,4)5)51-64-54(59)47-45-43-41-39-37-35-21-19-17-15-13-11-9-7-2/h8,10,14,16,19-22,24-25,27-28,30-31,33-34,38,40,53,57H,6-7,9,11-13,15,17-18,23,26,29,32,35-37,39,41-52H2,1-5H3/p+1/b10-8-,16-14-,21-19-,22-20-,25-24-,28-27-,31-30-,34-33-,40-38-. The summed E-state index contributed by atoms with van der Waals surface area (Å²) in [6, 6.07) is 0. The van der Waals surface area contributed by atoms with Crippen LogP contribution in [0, 0.1) is 0 Å². The van der Waals surface area contributed by atoms with Crippen molar-refractivity contribution >= 4 is 17.9 Å². The van der Waals surface area contributed by atoms with Gasteiger partial charge in [-0.2, -0.15) is 0 Å². The number of carbonyl (C=O) groups is 3. The summed E-state index contributed by atoms with van der Waals surface area (Å²) < 4.78 is 22.7. The number of likely N-dealkylation sites (N-methyl/N-ethyl adjacent to an activating group) is 1. The van der Waals surface area contributed by atoms with E-state index in [1.165, 1.54) is 38.5 Å². The molecule has 0 rings (SSSR count). The Balaban J connectivity index is 4.46. The molecule has 0 bridgehead atoms. The van der Waals surface area contributed by atoms with Gasteiger partial charge in [0, 0.05) is 12.8 Å². The minimum atomic E-state index is -1.53. The van der Waals surface area contributed by atoms with Crippen LogP contribution < -0.4 is 0 Å². The van der Waals surface area contributed by atoms with Crippen molar-refractivity contribution in [1.82, 2.24) is 0 Å². The van der Waals surface area contributed by atoms with E-state index in [4.69, 9.17) is 18.9 Å². The molecule has 0 aliphatic carbocycles. The Bertz CT molecular complexity index is 1440. The molecule has 374 valence electrons. The quantitative estimate of drug-likeness (QED) is 0.0212. The van der Waals surface area contributed by atoms with E-state index in [0.717, 1.165) is 103 Å². The summed E-state index contributed by atoms with van der Waals surface area (Å²) in [4.78, 5) is 37.2. The maximum Gasteiger partial charge on any atom is 0.361 e. The predicted molar refractivity (Wildman–Crippen MR) is 276 cm³/mol. The van der Waals surface area contributed by atoms with Crippen molar-refractivity contribution < 1.29 is 42.9 Å². The van der Waals surface area contributed by atoms with Crippen LogP contribution in [0.25, 0.3) is 0 Å². The van der Waals surface area contributed by atoms with Crippen molar-refractivity contribution in [2.45, 2.75) is 187 Å². The van der Waals surface area contributed by atoms with Gasteiger partial charge in [0.25, 0.3) is 6.29 Å². The van der Waals surface area contributed by atoms with Gasteiger partial charge >= 0.3 is 17.9 Å². The van der Waals surface area contributed by atoms with Gasteiger partial charge in [-0.15, -0.1) is 0 Å². The van der Waals surface area contributed by atoms with Crippen LogP contribution in [-0.4, -0.2) is 87.4 Å². The molecule has 66 heavy (non-hydrogen) atoms. The van der Waals surface area contributed by atoms with Crippen LogP contribution in [0.15, 0.2) is 109 Å². The Kier molecular flexibility index (Phi) is 44.5. The molecule has 0 aliphatic heterocycles. The molecule has 2 atom stereocenters. The highest BCUT2D eigenvalue weighted by molar-refractivity contribution is 5.71. The molecule has 0 heterocycles. The van der Waals surface area contributed by atoms with E-state index in [9.17, 15) is 19.5 Å². The summed E-state index contributed by atoms with van der Waals surface area (Å²) in [5.74, 6) is -2.09. The summed E-state index contributed by atoms with van der Waals surface area (Å²) in [5, 5.41) is 9.66. The highest BCUT2D eigenvalue weighted by Crippen LogP contribution is 2.12. The minimum absolute atomic E-state index is 0.171. The number of hydrogen-bond donors (Lipinski definition) is 1. The van der Waals surface area contributed by atoms with Gasteiger partial charge in [0.2, 0.25) is 0 Å². The van der Waals surface area contributed by atoms with Crippen molar-refractivity contribution in [1.29, 1.82) is 0 Å². The number of esters is 2. The SMILES string of the molecule is CC/C=C\C/C=C\C/C=C\C/C=C\C/C=C\C/C=C\C/C=C\C/C=C\CCCCC(=O)OC(COC(=O)CCCCCCC/C=C\CCCCCCC)COC(OCC[N+](C)(C)C)C(=O)O. The number of ether oxygens (including phenoxy) is 4. The van der Waals surface area contributed by atoms with Gasteiger partial charge in [-0.25, -0.2) is 4.79 Å². The summed E-state index contributed by atoms with van der Waals surface area (Å²) in [5.41, 5.74) is 0. The smallest absolute Gasteiger partial charge is 0.361 e. The molecular weight excluding hydrogens is 827 g/mol. The van der Waals surface area contributed by atoms with Crippen molar-refractivity contribution in [3.05, 3.63) is 109 Å². The molecular formula is C57H94NO8+. The maximum absolute atomic E-state index is 12.8. The molecule has 9 heteroatoms. The molecule has 0 radical (unpaired) electrons. The fourth-order valence-corrected chi connectivity index (χ4v) is 6.31. The average Bonchev–Trinajstić information content (AvgIpc) is 3.28. The molecule has 0 aromatic heterocycles. The number of aliphatic carboxylic acids is 1. The molecule has 1 N–H and O–H groups in total. The normalized spacial score (nSPS) is 13.8. The molecule has 0 saturated carbocycles. The van der Waals surface area contributed by atoms with E-state index in [2.05, 4.69) is 123 Å². The summed E-state index contributed by atoms with van der Waals surface area (Å²) >= 11 is 0. The molecule has 0 aromatic carbocycles. The van der Waals surface area contributed by atoms with Crippen LogP contribution in [0.4, 0.5) is 0 Å². The van der Waals surface area contributed by atoms with Gasteiger partial charge in [-0.3, -0.25) is 9.59 Å². The molecule has 0 fully saturated rings. The number of allylic oxidation sites excluding steroid dienone is 18. The van der Waals surface area contributed by atoms with Crippen LogP contribution in [0.5, 0.6) is 0 Å². The van der Waals surface area contributed by atoms with E-state index >= 15 is 0 Å². The Morgan fingerprint density at radius 2 is 0.864 bits per heavy atom. The number of rotatable bonds is 45. The summed E-state index contributed by atoms with van der Waals surface area (Å²) in [6.07, 6.45) is 61.6. The number of nitrogens with zero attached hydrogens (tertiary/aromatic N) is 1. The largest absolute Gasteiger partial charge is 0.477 e. The van der Waals surface area contributed by atoms with Crippen molar-refractivity contribution in [2.24, 2.45) is 0 Å². The van der Waals surface area contributed by atoms with Crippen LogP contribution in [-0.2, 0) is 33.3 Å². The van der Waals surface area contributed by atoms with E-state index in [1.807, 2.05) is 21.1 Å². The Morgan fingerprint density at radius 1 is 0.470 bits per heavy atom. The Hall–Kier alpha value is -4.05. The number of unbranched alkanes of at least 4 members (excludes halogenated alkanes) is 12. The first-order valence-electron chi connectivity index (χ1n) is 25.6. The first-order valence-corrected chi connectivity index (χ1v) is 25.6. The van der Waals surface area contributed by atoms with E-state index in [0.29, 0.717) is 17.4 Å². The predicted octanol–water partition coefficient (Wildman–Crippen LogP) is 14.4. The molecule has 9 nitrogen and oxygen atoms in total. The lowest BCUT2D eigenvalue weighted by atomic mass is 10.1. The van der Waals surface area contributed by atoms with Crippen molar-refractivity contribution in [2.75, 3.05) is 47.5 Å². The topological polar surface area (TPSA) is 108 Å². The second-order valence-electron chi connectivity index (χ2n) is 17.7. The third-order valence-corrected chi connectivity index (χ3v) is 10.3. The lowest BCUT2D eigenvalue weighted by Gasteiger charge is -2.25. The number of quaternary nitrogens is 1. The van der Waals surface area contributed by atoms with Crippen molar-refractivity contribution in [3.8, 4) is 0 Å². The van der Waals surface area contributed by atoms with Gasteiger partial charge in [0.1, 0.15) is 13.2 Å². The van der Waals surface area contributed by atoms with E-state index in [1.54, 1.807) is 0 Å². The molecule has 0 aromatic rings. The first-order chi connectivity index (χ1) is 32.1. The van der Waals surface area contributed by atoms with Crippen LogP contribution >= 0.6 is 0 Å². The van der Waals surface area contributed by atoms with Crippen molar-refractivity contribution in [3.63, 3.8) is 0 Å². The second-order valence-corrected chi connectivity index (χ2v) is 17.7. The van der Waals surface area contributed by atoms with E-state index < -0.39 is 24.3 Å². The highest BCUT2D eigenvalue weighted by Gasteiger charge is 2.25. The molecule has 0 amide bonds.